The molecule has 1 aromatic heterocycles. The van der Waals surface area contributed by atoms with Gasteiger partial charge in [-0.15, -0.1) is 0 Å². The van der Waals surface area contributed by atoms with E-state index in [0.717, 1.165) is 23.0 Å². The Hall–Kier alpha value is -3.08. The van der Waals surface area contributed by atoms with E-state index in [-0.39, 0.29) is 11.5 Å². The Balaban J connectivity index is 1.63. The molecule has 0 bridgehead atoms. The molecule has 2 heterocycles. The summed E-state index contributed by atoms with van der Waals surface area (Å²) in [6, 6.07) is 14.0. The van der Waals surface area contributed by atoms with Gasteiger partial charge in [0.25, 0.3) is 5.91 Å². The molecule has 0 aliphatic carbocycles. The smallest absolute Gasteiger partial charge is 0.256 e. The van der Waals surface area contributed by atoms with Crippen LogP contribution in [-0.2, 0) is 16.9 Å². The van der Waals surface area contributed by atoms with Gasteiger partial charge in [0.1, 0.15) is 0 Å². The third-order valence-electron chi connectivity index (χ3n) is 6.62. The molecule has 1 atom stereocenters. The number of ether oxygens (including phenoxy) is 1. The number of rotatable bonds is 8. The number of allylic oxidation sites excluding steroid dienone is 5. The molecule has 0 fully saturated rings. The molecule has 176 valence electrons. The van der Waals surface area contributed by atoms with Crippen molar-refractivity contribution in [3.63, 3.8) is 0 Å². The molecule has 34 heavy (non-hydrogen) atoms. The second kappa shape index (κ2) is 10.0. The zero-order chi connectivity index (χ0) is 24.3. The lowest BCUT2D eigenvalue weighted by atomic mass is 9.91. The number of amides is 1. The number of benzene rings is 2. The normalized spacial score (nSPS) is 17.9. The Morgan fingerprint density at radius 1 is 1.26 bits per heavy atom. The van der Waals surface area contributed by atoms with Crippen molar-refractivity contribution in [1.29, 1.82) is 0 Å². The van der Waals surface area contributed by atoms with Gasteiger partial charge in [0.05, 0.1) is 23.3 Å². The first-order valence-electron chi connectivity index (χ1n) is 11.7. The summed E-state index contributed by atoms with van der Waals surface area (Å²) in [5.41, 5.74) is 4.63. The molecule has 5 heteroatoms. The summed E-state index contributed by atoms with van der Waals surface area (Å²) in [6.45, 7) is 11.7. The van der Waals surface area contributed by atoms with E-state index in [2.05, 4.69) is 31.7 Å². The van der Waals surface area contributed by atoms with Gasteiger partial charge >= 0.3 is 0 Å². The predicted octanol–water partition coefficient (Wildman–Crippen LogP) is 7.20. The highest BCUT2D eigenvalue weighted by molar-refractivity contribution is 6.31. The van der Waals surface area contributed by atoms with Crippen LogP contribution >= 0.6 is 11.6 Å². The summed E-state index contributed by atoms with van der Waals surface area (Å²) < 4.78 is 8.20. The summed E-state index contributed by atoms with van der Waals surface area (Å²) in [6.07, 6.45) is 10.2. The van der Waals surface area contributed by atoms with Crippen LogP contribution in [0.4, 0.5) is 0 Å². The number of hydrogen-bond acceptors (Lipinski definition) is 2. The predicted molar refractivity (Wildman–Crippen MR) is 141 cm³/mol. The lowest BCUT2D eigenvalue weighted by Crippen LogP contribution is -2.35. The SMILES string of the molecule is C=C/C=C\C=C(/C)n1cc(C(=O)N(CC)CCC2(C)OCc3ccccc32)c2ccc(Cl)cc21. The van der Waals surface area contributed by atoms with Gasteiger partial charge in [0.15, 0.2) is 0 Å². The van der Waals surface area contributed by atoms with E-state index in [9.17, 15) is 4.79 Å². The Bertz CT molecular complexity index is 1290. The van der Waals surface area contributed by atoms with Gasteiger partial charge in [-0.3, -0.25) is 4.79 Å². The van der Waals surface area contributed by atoms with Crippen LogP contribution in [0.1, 0.15) is 48.7 Å². The van der Waals surface area contributed by atoms with E-state index < -0.39 is 0 Å². The van der Waals surface area contributed by atoms with Crippen molar-refractivity contribution in [3.05, 3.63) is 101 Å². The lowest BCUT2D eigenvalue weighted by Gasteiger charge is -2.29. The molecule has 0 N–H and O–H groups in total. The summed E-state index contributed by atoms with van der Waals surface area (Å²) in [4.78, 5) is 15.6. The maximum atomic E-state index is 13.7. The minimum Gasteiger partial charge on any atom is -0.366 e. The Kier molecular flexibility index (Phi) is 7.11. The number of carbonyl (C=O) groups is 1. The highest BCUT2D eigenvalue weighted by atomic mass is 35.5. The minimum absolute atomic E-state index is 0.0119. The van der Waals surface area contributed by atoms with Crippen molar-refractivity contribution < 1.29 is 9.53 Å². The van der Waals surface area contributed by atoms with E-state index in [0.29, 0.717) is 30.3 Å². The topological polar surface area (TPSA) is 34.5 Å². The van der Waals surface area contributed by atoms with Gasteiger partial charge in [0, 0.05) is 35.4 Å². The summed E-state index contributed by atoms with van der Waals surface area (Å²) >= 11 is 6.31. The molecule has 1 unspecified atom stereocenters. The molecule has 3 aromatic rings. The van der Waals surface area contributed by atoms with E-state index in [1.807, 2.05) is 72.0 Å². The molecule has 0 saturated carbocycles. The monoisotopic (exact) mass is 474 g/mol. The van der Waals surface area contributed by atoms with E-state index in [1.165, 1.54) is 11.1 Å². The van der Waals surface area contributed by atoms with Gasteiger partial charge < -0.3 is 14.2 Å². The van der Waals surface area contributed by atoms with Crippen LogP contribution in [0.3, 0.4) is 0 Å². The largest absolute Gasteiger partial charge is 0.366 e. The summed E-state index contributed by atoms with van der Waals surface area (Å²) in [5.74, 6) is 0.0119. The lowest BCUT2D eigenvalue weighted by molar-refractivity contribution is -0.0338. The molecule has 1 aliphatic heterocycles. The Morgan fingerprint density at radius 3 is 2.82 bits per heavy atom. The molecule has 4 rings (SSSR count). The van der Waals surface area contributed by atoms with Crippen LogP contribution in [0.2, 0.25) is 5.02 Å². The first kappa shape index (κ1) is 24.1. The third-order valence-corrected chi connectivity index (χ3v) is 6.86. The van der Waals surface area contributed by atoms with E-state index in [1.54, 1.807) is 6.08 Å². The number of hydrogen-bond donors (Lipinski definition) is 0. The Labute approximate surface area is 206 Å². The fourth-order valence-corrected chi connectivity index (χ4v) is 4.79. The van der Waals surface area contributed by atoms with Gasteiger partial charge in [-0.2, -0.15) is 0 Å². The van der Waals surface area contributed by atoms with Crippen LogP contribution in [0.5, 0.6) is 0 Å². The van der Waals surface area contributed by atoms with Crippen LogP contribution in [0, 0.1) is 0 Å². The molecule has 2 aromatic carbocycles. The Morgan fingerprint density at radius 2 is 2.06 bits per heavy atom. The highest BCUT2D eigenvalue weighted by Crippen LogP contribution is 2.39. The molecule has 0 spiro atoms. The number of carbonyl (C=O) groups excluding carboxylic acids is 1. The number of nitrogens with zero attached hydrogens (tertiary/aromatic N) is 2. The van der Waals surface area contributed by atoms with Crippen molar-refractivity contribution in [2.75, 3.05) is 13.1 Å². The summed E-state index contributed by atoms with van der Waals surface area (Å²) in [5, 5.41) is 1.53. The van der Waals surface area contributed by atoms with Crippen molar-refractivity contribution in [1.82, 2.24) is 9.47 Å². The molecule has 1 amide bonds. The second-order valence-electron chi connectivity index (χ2n) is 8.81. The van der Waals surface area contributed by atoms with E-state index in [4.69, 9.17) is 16.3 Å². The zero-order valence-corrected chi connectivity index (χ0v) is 20.8. The standard InChI is InChI=1S/C29H31ClN2O2/c1-5-7-8-11-21(3)32-19-25(24-15-14-23(30)18-27(24)32)28(33)31(6-2)17-16-29(4)26-13-10-9-12-22(26)20-34-29/h5,7-15,18-19H,1,6,16-17,20H2,2-4H3/b8-7-,21-11+. The second-order valence-corrected chi connectivity index (χ2v) is 9.25. The van der Waals surface area contributed by atoms with Crippen LogP contribution in [-0.4, -0.2) is 28.5 Å². The number of halogens is 1. The van der Waals surface area contributed by atoms with Crippen molar-refractivity contribution in [2.45, 2.75) is 39.4 Å². The minimum atomic E-state index is -0.386. The molecule has 4 nitrogen and oxygen atoms in total. The molecular weight excluding hydrogens is 444 g/mol. The van der Waals surface area contributed by atoms with Gasteiger partial charge in [-0.05, 0) is 56.5 Å². The van der Waals surface area contributed by atoms with Gasteiger partial charge in [0.2, 0.25) is 0 Å². The maximum Gasteiger partial charge on any atom is 0.256 e. The molecule has 0 radical (unpaired) electrons. The van der Waals surface area contributed by atoms with Crippen LogP contribution < -0.4 is 0 Å². The fourth-order valence-electron chi connectivity index (χ4n) is 4.62. The van der Waals surface area contributed by atoms with Crippen molar-refractivity contribution in [2.24, 2.45) is 0 Å². The average Bonchev–Trinajstić information content (AvgIpc) is 3.38. The van der Waals surface area contributed by atoms with Crippen LogP contribution in [0.25, 0.3) is 16.6 Å². The highest BCUT2D eigenvalue weighted by Gasteiger charge is 2.35. The maximum absolute atomic E-state index is 13.7. The number of fused-ring (bicyclic) bond motifs is 2. The molecule has 0 saturated heterocycles. The third kappa shape index (κ3) is 4.61. The first-order chi connectivity index (χ1) is 16.4. The van der Waals surface area contributed by atoms with Crippen molar-refractivity contribution >= 4 is 34.1 Å². The van der Waals surface area contributed by atoms with E-state index >= 15 is 0 Å². The van der Waals surface area contributed by atoms with Gasteiger partial charge in [-0.25, -0.2) is 0 Å². The first-order valence-corrected chi connectivity index (χ1v) is 12.0. The van der Waals surface area contributed by atoms with Gasteiger partial charge in [-0.1, -0.05) is 66.7 Å². The average molecular weight is 475 g/mol. The van der Waals surface area contributed by atoms with Crippen molar-refractivity contribution in [3.8, 4) is 0 Å². The quantitative estimate of drug-likeness (QED) is 0.323. The molecular formula is C29H31ClN2O2. The zero-order valence-electron chi connectivity index (χ0n) is 20.1. The number of aromatic nitrogens is 1. The fraction of sp³-hybridized carbons (Fsp3) is 0.276. The van der Waals surface area contributed by atoms with Crippen LogP contribution in [0.15, 0.2) is 79.5 Å². The molecule has 1 aliphatic rings. The summed E-state index contributed by atoms with van der Waals surface area (Å²) in [7, 11) is 0.